The molecule has 0 spiro atoms. The van der Waals surface area contributed by atoms with Crippen molar-refractivity contribution in [3.8, 4) is 0 Å². The first kappa shape index (κ1) is 13.8. The number of hydrogen-bond donors (Lipinski definition) is 2. The number of anilines is 1. The van der Waals surface area contributed by atoms with E-state index >= 15 is 0 Å². The molecule has 1 aromatic rings. The molecule has 0 aliphatic carbocycles. The maximum atomic E-state index is 12.2. The summed E-state index contributed by atoms with van der Waals surface area (Å²) >= 11 is 2.00. The second-order valence-corrected chi connectivity index (χ2v) is 7.01. The fourth-order valence-corrected chi connectivity index (χ4v) is 4.13. The monoisotopic (exact) mass is 290 g/mol. The van der Waals surface area contributed by atoms with Gasteiger partial charge in [-0.1, -0.05) is 6.42 Å². The number of rotatable bonds is 3. The van der Waals surface area contributed by atoms with E-state index in [1.807, 2.05) is 30.0 Å². The summed E-state index contributed by atoms with van der Waals surface area (Å²) in [7, 11) is 0. The quantitative estimate of drug-likeness (QED) is 0.899. The zero-order valence-electron chi connectivity index (χ0n) is 11.8. The van der Waals surface area contributed by atoms with Crippen LogP contribution in [0.5, 0.6) is 0 Å². The number of benzene rings is 1. The lowest BCUT2D eigenvalue weighted by Crippen LogP contribution is -2.32. The van der Waals surface area contributed by atoms with Crippen LogP contribution in [-0.2, 0) is 6.42 Å². The molecule has 1 amide bonds. The summed E-state index contributed by atoms with van der Waals surface area (Å²) in [6, 6.07) is 6.02. The van der Waals surface area contributed by atoms with E-state index in [1.165, 1.54) is 36.3 Å². The van der Waals surface area contributed by atoms with Crippen LogP contribution >= 0.6 is 11.8 Å². The van der Waals surface area contributed by atoms with Crippen LogP contribution in [0.15, 0.2) is 18.2 Å². The third kappa shape index (κ3) is 3.29. The number of thioether (sulfide) groups is 1. The SMILES string of the molecule is O=C(NCC1CCCCS1)c1ccc2c(c1)CCCN2. The number of fused-ring (bicyclic) bond motifs is 1. The van der Waals surface area contributed by atoms with Gasteiger partial charge in [0.15, 0.2) is 0 Å². The van der Waals surface area contributed by atoms with E-state index in [0.717, 1.165) is 31.5 Å². The van der Waals surface area contributed by atoms with Crippen molar-refractivity contribution in [3.63, 3.8) is 0 Å². The summed E-state index contributed by atoms with van der Waals surface area (Å²) in [6.07, 6.45) is 6.09. The van der Waals surface area contributed by atoms with Gasteiger partial charge in [0, 0.05) is 29.6 Å². The molecule has 108 valence electrons. The summed E-state index contributed by atoms with van der Waals surface area (Å²) in [5.41, 5.74) is 3.26. The molecule has 1 atom stereocenters. The van der Waals surface area contributed by atoms with E-state index in [9.17, 15) is 4.79 Å². The Morgan fingerprint density at radius 3 is 3.15 bits per heavy atom. The minimum Gasteiger partial charge on any atom is -0.385 e. The van der Waals surface area contributed by atoms with Crippen LogP contribution < -0.4 is 10.6 Å². The van der Waals surface area contributed by atoms with Crippen molar-refractivity contribution in [2.24, 2.45) is 0 Å². The highest BCUT2D eigenvalue weighted by atomic mass is 32.2. The maximum absolute atomic E-state index is 12.2. The smallest absolute Gasteiger partial charge is 0.251 e. The predicted octanol–water partition coefficient (Wildman–Crippen LogP) is 3.06. The van der Waals surface area contributed by atoms with E-state index in [2.05, 4.69) is 10.6 Å². The molecule has 2 aliphatic heterocycles. The Morgan fingerprint density at radius 1 is 1.35 bits per heavy atom. The lowest BCUT2D eigenvalue weighted by Gasteiger charge is -2.22. The van der Waals surface area contributed by atoms with Crippen molar-refractivity contribution < 1.29 is 4.79 Å². The van der Waals surface area contributed by atoms with Gasteiger partial charge in [0.2, 0.25) is 0 Å². The molecule has 1 aromatic carbocycles. The summed E-state index contributed by atoms with van der Waals surface area (Å²) in [5.74, 6) is 1.31. The number of carbonyl (C=O) groups excluding carboxylic acids is 1. The Balaban J connectivity index is 1.59. The van der Waals surface area contributed by atoms with Gasteiger partial charge >= 0.3 is 0 Å². The molecule has 0 aromatic heterocycles. The lowest BCUT2D eigenvalue weighted by molar-refractivity contribution is 0.0953. The van der Waals surface area contributed by atoms with Gasteiger partial charge < -0.3 is 10.6 Å². The molecular weight excluding hydrogens is 268 g/mol. The topological polar surface area (TPSA) is 41.1 Å². The minimum absolute atomic E-state index is 0.0737. The van der Waals surface area contributed by atoms with Crippen molar-refractivity contribution in [1.29, 1.82) is 0 Å². The molecule has 0 radical (unpaired) electrons. The maximum Gasteiger partial charge on any atom is 0.251 e. The van der Waals surface area contributed by atoms with Crippen LogP contribution in [0.3, 0.4) is 0 Å². The number of nitrogens with one attached hydrogen (secondary N) is 2. The standard InChI is InChI=1S/C16H22N2OS/c19-16(18-11-14-5-1-2-9-20-14)13-6-7-15-12(10-13)4-3-8-17-15/h6-7,10,14,17H,1-5,8-9,11H2,(H,18,19). The predicted molar refractivity (Wildman–Crippen MR) is 85.7 cm³/mol. The van der Waals surface area contributed by atoms with Crippen molar-refractivity contribution in [2.45, 2.75) is 37.4 Å². The van der Waals surface area contributed by atoms with Crippen LogP contribution in [0.4, 0.5) is 5.69 Å². The largest absolute Gasteiger partial charge is 0.385 e. The highest BCUT2D eigenvalue weighted by Crippen LogP contribution is 2.25. The van der Waals surface area contributed by atoms with E-state index in [1.54, 1.807) is 0 Å². The van der Waals surface area contributed by atoms with E-state index in [-0.39, 0.29) is 5.91 Å². The zero-order valence-corrected chi connectivity index (χ0v) is 12.6. The molecular formula is C16H22N2OS. The third-order valence-corrected chi connectivity index (χ3v) is 5.47. The minimum atomic E-state index is 0.0737. The molecule has 1 saturated heterocycles. The summed E-state index contributed by atoms with van der Waals surface area (Å²) in [6.45, 7) is 1.84. The van der Waals surface area contributed by atoms with Crippen LogP contribution in [0.25, 0.3) is 0 Å². The van der Waals surface area contributed by atoms with Gasteiger partial charge in [-0.25, -0.2) is 0 Å². The Bertz CT molecular complexity index is 483. The van der Waals surface area contributed by atoms with Gasteiger partial charge in [-0.05, 0) is 55.2 Å². The normalized spacial score (nSPS) is 21.7. The molecule has 20 heavy (non-hydrogen) atoms. The molecule has 0 saturated carbocycles. The number of aryl methyl sites for hydroxylation is 1. The van der Waals surface area contributed by atoms with Crippen LogP contribution in [0.1, 0.15) is 41.6 Å². The Kier molecular flexibility index (Phi) is 4.51. The molecule has 3 nitrogen and oxygen atoms in total. The van der Waals surface area contributed by atoms with Crippen molar-refractivity contribution in [2.75, 3.05) is 24.2 Å². The van der Waals surface area contributed by atoms with E-state index in [0.29, 0.717) is 5.25 Å². The first-order valence-corrected chi connectivity index (χ1v) is 8.64. The van der Waals surface area contributed by atoms with Gasteiger partial charge in [-0.2, -0.15) is 11.8 Å². The highest BCUT2D eigenvalue weighted by Gasteiger charge is 2.16. The Hall–Kier alpha value is -1.16. The summed E-state index contributed by atoms with van der Waals surface area (Å²) < 4.78 is 0. The second-order valence-electron chi connectivity index (χ2n) is 5.60. The molecule has 4 heteroatoms. The van der Waals surface area contributed by atoms with Crippen LogP contribution in [0, 0.1) is 0 Å². The Labute approximate surface area is 124 Å². The first-order chi connectivity index (χ1) is 9.83. The number of amides is 1. The van der Waals surface area contributed by atoms with E-state index < -0.39 is 0 Å². The summed E-state index contributed by atoms with van der Waals surface area (Å²) in [4.78, 5) is 12.2. The molecule has 1 unspecified atom stereocenters. The van der Waals surface area contributed by atoms with Gasteiger partial charge in [0.25, 0.3) is 5.91 Å². The molecule has 1 fully saturated rings. The average Bonchev–Trinajstić information content (AvgIpc) is 2.53. The zero-order chi connectivity index (χ0) is 13.8. The van der Waals surface area contributed by atoms with Crippen LogP contribution in [0.2, 0.25) is 0 Å². The van der Waals surface area contributed by atoms with Crippen molar-refractivity contribution in [3.05, 3.63) is 29.3 Å². The number of hydrogen-bond acceptors (Lipinski definition) is 3. The van der Waals surface area contributed by atoms with Crippen LogP contribution in [-0.4, -0.2) is 30.0 Å². The molecule has 0 bridgehead atoms. The summed E-state index contributed by atoms with van der Waals surface area (Å²) in [5, 5.41) is 7.08. The average molecular weight is 290 g/mol. The van der Waals surface area contributed by atoms with Gasteiger partial charge in [0.1, 0.15) is 0 Å². The second kappa shape index (κ2) is 6.53. The first-order valence-electron chi connectivity index (χ1n) is 7.59. The molecule has 3 rings (SSSR count). The number of carbonyl (C=O) groups is 1. The molecule has 2 heterocycles. The van der Waals surface area contributed by atoms with Crippen molar-refractivity contribution in [1.82, 2.24) is 5.32 Å². The van der Waals surface area contributed by atoms with Gasteiger partial charge in [-0.15, -0.1) is 0 Å². The van der Waals surface area contributed by atoms with Crippen molar-refractivity contribution >= 4 is 23.4 Å². The fourth-order valence-electron chi connectivity index (χ4n) is 2.89. The third-order valence-electron chi connectivity index (χ3n) is 4.07. The lowest BCUT2D eigenvalue weighted by atomic mass is 10.0. The fraction of sp³-hybridized carbons (Fsp3) is 0.562. The Morgan fingerprint density at radius 2 is 2.30 bits per heavy atom. The molecule has 2 N–H and O–H groups in total. The van der Waals surface area contributed by atoms with Gasteiger partial charge in [-0.3, -0.25) is 4.79 Å². The highest BCUT2D eigenvalue weighted by molar-refractivity contribution is 7.99. The van der Waals surface area contributed by atoms with E-state index in [4.69, 9.17) is 0 Å². The van der Waals surface area contributed by atoms with Gasteiger partial charge in [0.05, 0.1) is 0 Å². The molecule has 2 aliphatic rings.